The van der Waals surface area contributed by atoms with Gasteiger partial charge in [-0.1, -0.05) is 97.1 Å². The minimum absolute atomic E-state index is 0.151. The number of anilines is 1. The molecule has 3 aromatic carbocycles. The van der Waals surface area contributed by atoms with Gasteiger partial charge in [-0.2, -0.15) is 0 Å². The van der Waals surface area contributed by atoms with Crippen LogP contribution < -0.4 is 10.6 Å². The fraction of sp³-hybridized carbons (Fsp3) is 0.237. The first kappa shape index (κ1) is 34.7. The minimum Gasteiger partial charge on any atom is -0.448 e. The second-order valence-electron chi connectivity index (χ2n) is 12.6. The predicted molar refractivity (Wildman–Crippen MR) is 194 cm³/mol. The van der Waals surface area contributed by atoms with Crippen molar-refractivity contribution < 1.29 is 28.7 Å². The van der Waals surface area contributed by atoms with E-state index in [0.717, 1.165) is 28.0 Å². The molecule has 3 heterocycles. The number of carbonyl (C=O) groups is 4. The van der Waals surface area contributed by atoms with Crippen LogP contribution in [0.3, 0.4) is 0 Å². The number of benzene rings is 3. The predicted octanol–water partition coefficient (Wildman–Crippen LogP) is 6.73. The Bertz CT molecular complexity index is 1880. The van der Waals surface area contributed by atoms with E-state index in [4.69, 9.17) is 9.47 Å². The van der Waals surface area contributed by atoms with Gasteiger partial charge in [0.2, 0.25) is 0 Å². The highest BCUT2D eigenvalue weighted by atomic mass is 32.2. The zero-order chi connectivity index (χ0) is 35.3. The van der Waals surface area contributed by atoms with Crippen molar-refractivity contribution in [3.05, 3.63) is 137 Å². The Morgan fingerprint density at radius 1 is 0.960 bits per heavy atom. The molecule has 2 atom stereocenters. The Kier molecular flexibility index (Phi) is 10.5. The van der Waals surface area contributed by atoms with Gasteiger partial charge in [0.25, 0.3) is 11.8 Å². The molecule has 50 heavy (non-hydrogen) atoms. The third kappa shape index (κ3) is 8.15. The van der Waals surface area contributed by atoms with Crippen molar-refractivity contribution in [3.63, 3.8) is 0 Å². The summed E-state index contributed by atoms with van der Waals surface area (Å²) in [5.41, 5.74) is 2.63. The van der Waals surface area contributed by atoms with Gasteiger partial charge < -0.3 is 14.8 Å². The highest BCUT2D eigenvalue weighted by molar-refractivity contribution is 8.00. The molecule has 1 aromatic heterocycles. The lowest BCUT2D eigenvalue weighted by Crippen LogP contribution is -2.70. The van der Waals surface area contributed by atoms with E-state index in [2.05, 4.69) is 15.6 Å². The van der Waals surface area contributed by atoms with Crippen LogP contribution in [0.5, 0.6) is 0 Å². The highest BCUT2D eigenvalue weighted by Crippen LogP contribution is 2.39. The molecule has 1 fully saturated rings. The lowest BCUT2D eigenvalue weighted by atomic mass is 10.0. The van der Waals surface area contributed by atoms with E-state index in [1.165, 1.54) is 16.7 Å². The molecule has 0 radical (unpaired) electrons. The minimum atomic E-state index is -0.874. The van der Waals surface area contributed by atoms with Crippen LogP contribution in [-0.4, -0.2) is 56.5 Å². The lowest BCUT2D eigenvalue weighted by Gasteiger charge is -2.48. The molecule has 2 unspecified atom stereocenters. The SMILES string of the molecule is CC(C)(C)OC(=O)Nc1nc(/C(=C/Cc2ccccc2)C(=O)NC2C(=O)N3C(C(=O)OC(c4ccccc4)c4ccccc4)=CCSC23)cs1. The van der Waals surface area contributed by atoms with Crippen molar-refractivity contribution in [2.24, 2.45) is 0 Å². The van der Waals surface area contributed by atoms with Crippen LogP contribution in [0.25, 0.3) is 5.57 Å². The first-order valence-electron chi connectivity index (χ1n) is 16.0. The van der Waals surface area contributed by atoms with Crippen LogP contribution in [0.2, 0.25) is 0 Å². The van der Waals surface area contributed by atoms with Crippen LogP contribution in [0.4, 0.5) is 9.93 Å². The number of esters is 1. The van der Waals surface area contributed by atoms with Crippen molar-refractivity contribution >= 4 is 57.7 Å². The quantitative estimate of drug-likeness (QED) is 0.106. The Morgan fingerprint density at radius 3 is 2.20 bits per heavy atom. The van der Waals surface area contributed by atoms with Crippen molar-refractivity contribution in [2.75, 3.05) is 11.1 Å². The van der Waals surface area contributed by atoms with Crippen LogP contribution in [0.1, 0.15) is 49.3 Å². The second kappa shape index (κ2) is 15.1. The number of allylic oxidation sites excluding steroid dienone is 1. The maximum Gasteiger partial charge on any atom is 0.413 e. The second-order valence-corrected chi connectivity index (χ2v) is 14.6. The number of rotatable bonds is 10. The third-order valence-corrected chi connectivity index (χ3v) is 9.73. The number of hydrogen-bond acceptors (Lipinski definition) is 9. The summed E-state index contributed by atoms with van der Waals surface area (Å²) in [6.45, 7) is 5.28. The number of fused-ring (bicyclic) bond motifs is 1. The summed E-state index contributed by atoms with van der Waals surface area (Å²) in [7, 11) is 0. The summed E-state index contributed by atoms with van der Waals surface area (Å²) < 4.78 is 11.4. The number of nitrogens with zero attached hydrogens (tertiary/aromatic N) is 2. The molecule has 12 heteroatoms. The van der Waals surface area contributed by atoms with Gasteiger partial charge in [0, 0.05) is 11.1 Å². The van der Waals surface area contributed by atoms with Crippen LogP contribution in [0, 0.1) is 0 Å². The first-order valence-corrected chi connectivity index (χ1v) is 18.0. The smallest absolute Gasteiger partial charge is 0.413 e. The third-order valence-electron chi connectivity index (χ3n) is 7.79. The molecule has 0 bridgehead atoms. The summed E-state index contributed by atoms with van der Waals surface area (Å²) in [4.78, 5) is 59.4. The van der Waals surface area contributed by atoms with Gasteiger partial charge in [0.05, 0.1) is 11.3 Å². The number of thioether (sulfide) groups is 1. The number of aromatic nitrogens is 1. The molecule has 4 aromatic rings. The number of ether oxygens (including phenoxy) is 2. The molecule has 3 amide bonds. The van der Waals surface area contributed by atoms with Gasteiger partial charge >= 0.3 is 12.1 Å². The number of nitrogens with one attached hydrogen (secondary N) is 2. The molecule has 10 nitrogen and oxygen atoms in total. The van der Waals surface area contributed by atoms with E-state index < -0.39 is 47.0 Å². The van der Waals surface area contributed by atoms with Crippen LogP contribution in [0.15, 0.2) is 114 Å². The molecular formula is C38H36N4O6S2. The average Bonchev–Trinajstić information content (AvgIpc) is 3.57. The number of thiazole rings is 1. The Hall–Kier alpha value is -5.20. The zero-order valence-electron chi connectivity index (χ0n) is 27.7. The number of β-lactam (4-membered cyclic amide) rings is 1. The number of amides is 3. The first-order chi connectivity index (χ1) is 24.1. The van der Waals surface area contributed by atoms with E-state index in [9.17, 15) is 19.2 Å². The van der Waals surface area contributed by atoms with Gasteiger partial charge in [-0.25, -0.2) is 14.6 Å². The van der Waals surface area contributed by atoms with Gasteiger partial charge in [0.15, 0.2) is 11.2 Å². The van der Waals surface area contributed by atoms with Crippen molar-refractivity contribution in [3.8, 4) is 0 Å². The Labute approximate surface area is 298 Å². The molecule has 6 rings (SSSR count). The molecule has 2 aliphatic heterocycles. The summed E-state index contributed by atoms with van der Waals surface area (Å²) in [5.74, 6) is -1.08. The van der Waals surface area contributed by atoms with Gasteiger partial charge in [-0.05, 0) is 50.0 Å². The van der Waals surface area contributed by atoms with Gasteiger partial charge in [-0.15, -0.1) is 23.1 Å². The lowest BCUT2D eigenvalue weighted by molar-refractivity contribution is -0.154. The molecule has 256 valence electrons. The monoisotopic (exact) mass is 708 g/mol. The van der Waals surface area contributed by atoms with Gasteiger partial charge in [-0.3, -0.25) is 19.8 Å². The summed E-state index contributed by atoms with van der Waals surface area (Å²) >= 11 is 2.60. The Morgan fingerprint density at radius 2 is 1.58 bits per heavy atom. The Balaban J connectivity index is 1.17. The summed E-state index contributed by atoms with van der Waals surface area (Å²) in [6.07, 6.45) is 2.54. The summed E-state index contributed by atoms with van der Waals surface area (Å²) in [5, 5.41) is 6.93. The van der Waals surface area contributed by atoms with Gasteiger partial charge in [0.1, 0.15) is 22.7 Å². The highest BCUT2D eigenvalue weighted by Gasteiger charge is 2.53. The summed E-state index contributed by atoms with van der Waals surface area (Å²) in [6, 6.07) is 27.6. The molecule has 2 aliphatic rings. The molecule has 0 spiro atoms. The fourth-order valence-electron chi connectivity index (χ4n) is 5.49. The number of carbonyl (C=O) groups excluding carboxylic acids is 4. The molecule has 0 saturated carbocycles. The topological polar surface area (TPSA) is 127 Å². The van der Waals surface area contributed by atoms with Crippen molar-refractivity contribution in [1.82, 2.24) is 15.2 Å². The van der Waals surface area contributed by atoms with E-state index >= 15 is 0 Å². The maximum atomic E-state index is 13.9. The average molecular weight is 709 g/mol. The van der Waals surface area contributed by atoms with Crippen molar-refractivity contribution in [2.45, 2.75) is 50.3 Å². The molecule has 0 aliphatic carbocycles. The normalized spacial score (nSPS) is 17.3. The van der Waals surface area contributed by atoms with Crippen molar-refractivity contribution in [1.29, 1.82) is 0 Å². The number of hydrogen-bond donors (Lipinski definition) is 2. The van der Waals surface area contributed by atoms with E-state index in [-0.39, 0.29) is 16.4 Å². The maximum absolute atomic E-state index is 13.9. The van der Waals surface area contributed by atoms with Crippen LogP contribution >= 0.6 is 23.1 Å². The van der Waals surface area contributed by atoms with Crippen LogP contribution in [-0.2, 0) is 30.3 Å². The molecule has 2 N–H and O–H groups in total. The zero-order valence-corrected chi connectivity index (χ0v) is 29.3. The van der Waals surface area contributed by atoms with E-state index in [0.29, 0.717) is 17.9 Å². The fourth-order valence-corrected chi connectivity index (χ4v) is 7.38. The standard InChI is InChI=1S/C38H36N4O6S2/c1-38(2,3)48-37(46)41-36-39-28(23-50-36)27(20-19-24-13-7-4-8-14-24)32(43)40-30-33(44)42-29(21-22-49-34(30)42)35(45)47-31(25-15-9-5-10-16-25)26-17-11-6-12-18-26/h4-18,20-21,23,30-31,34H,19,22H2,1-3H3,(H,40,43)(H,39,41,46)/b27-20-. The molecular weight excluding hydrogens is 673 g/mol. The largest absolute Gasteiger partial charge is 0.448 e. The molecule has 1 saturated heterocycles. The van der Waals surface area contributed by atoms with E-state index in [1.54, 1.807) is 38.3 Å². The van der Waals surface area contributed by atoms with E-state index in [1.807, 2.05) is 91.0 Å².